The summed E-state index contributed by atoms with van der Waals surface area (Å²) in [6, 6.07) is 16.9. The molecule has 28 heavy (non-hydrogen) atoms. The highest BCUT2D eigenvalue weighted by atomic mass is 79.9. The Morgan fingerprint density at radius 1 is 0.929 bits per heavy atom. The standard InChI is InChI=1S/C21H23BrN4.2ClH/c1-3-24(4-2)13-14-25-19-7-5-6-8-20(19)26-15-18(23-21(25)26)16-9-11-17(22)12-10-16;;/h5-12,15H,3-4,13-14H2,1-2H3;2*1H. The van der Waals surface area contributed by atoms with Gasteiger partial charge in [-0.3, -0.25) is 4.40 Å². The summed E-state index contributed by atoms with van der Waals surface area (Å²) in [6.45, 7) is 8.55. The van der Waals surface area contributed by atoms with Crippen LogP contribution >= 0.6 is 40.7 Å². The average molecular weight is 484 g/mol. The molecule has 0 unspecified atom stereocenters. The topological polar surface area (TPSA) is 25.5 Å². The molecule has 0 amide bonds. The van der Waals surface area contributed by atoms with Gasteiger partial charge in [0.1, 0.15) is 0 Å². The van der Waals surface area contributed by atoms with Crippen molar-refractivity contribution >= 4 is 57.6 Å². The van der Waals surface area contributed by atoms with Crippen LogP contribution in [-0.2, 0) is 6.54 Å². The van der Waals surface area contributed by atoms with Crippen molar-refractivity contribution in [1.29, 1.82) is 0 Å². The predicted molar refractivity (Wildman–Crippen MR) is 126 cm³/mol. The maximum Gasteiger partial charge on any atom is 0.215 e. The quantitative estimate of drug-likeness (QED) is 0.341. The highest BCUT2D eigenvalue weighted by Crippen LogP contribution is 2.26. The van der Waals surface area contributed by atoms with E-state index in [4.69, 9.17) is 4.98 Å². The average Bonchev–Trinajstić information content (AvgIpc) is 3.22. The van der Waals surface area contributed by atoms with Gasteiger partial charge in [-0.05, 0) is 37.4 Å². The summed E-state index contributed by atoms with van der Waals surface area (Å²) in [4.78, 5) is 7.42. The van der Waals surface area contributed by atoms with Crippen molar-refractivity contribution in [2.45, 2.75) is 20.4 Å². The Bertz CT molecular complexity index is 1040. The van der Waals surface area contributed by atoms with Gasteiger partial charge in [0.15, 0.2) is 0 Å². The van der Waals surface area contributed by atoms with Crippen LogP contribution in [0.4, 0.5) is 0 Å². The van der Waals surface area contributed by atoms with E-state index in [-0.39, 0.29) is 24.8 Å². The third-order valence-corrected chi connectivity index (χ3v) is 5.56. The zero-order valence-electron chi connectivity index (χ0n) is 16.0. The normalized spacial score (nSPS) is 11.0. The molecule has 150 valence electrons. The molecule has 7 heteroatoms. The van der Waals surface area contributed by atoms with E-state index in [1.807, 2.05) is 0 Å². The van der Waals surface area contributed by atoms with Crippen molar-refractivity contribution < 1.29 is 0 Å². The summed E-state index contributed by atoms with van der Waals surface area (Å²) in [6.07, 6.45) is 2.15. The minimum Gasteiger partial charge on any atom is -0.308 e. The molecular formula is C21H25BrCl2N4. The maximum absolute atomic E-state index is 4.97. The third kappa shape index (κ3) is 4.23. The first kappa shape index (κ1) is 22.8. The van der Waals surface area contributed by atoms with Gasteiger partial charge in [-0.25, -0.2) is 4.98 Å². The molecule has 4 nitrogen and oxygen atoms in total. The Morgan fingerprint density at radius 3 is 2.21 bits per heavy atom. The van der Waals surface area contributed by atoms with Crippen LogP contribution in [0.5, 0.6) is 0 Å². The lowest BCUT2D eigenvalue weighted by Crippen LogP contribution is -2.27. The van der Waals surface area contributed by atoms with Gasteiger partial charge in [-0.15, -0.1) is 24.8 Å². The Hall–Kier alpha value is -1.53. The molecule has 0 saturated carbocycles. The van der Waals surface area contributed by atoms with Gasteiger partial charge >= 0.3 is 0 Å². The van der Waals surface area contributed by atoms with Crippen molar-refractivity contribution in [2.75, 3.05) is 19.6 Å². The van der Waals surface area contributed by atoms with E-state index in [2.05, 4.69) is 98.4 Å². The van der Waals surface area contributed by atoms with Crippen LogP contribution < -0.4 is 0 Å². The minimum atomic E-state index is 0. The van der Waals surface area contributed by atoms with Gasteiger partial charge in [-0.2, -0.15) is 0 Å². The molecule has 0 fully saturated rings. The molecule has 4 rings (SSSR count). The maximum atomic E-state index is 4.97. The minimum absolute atomic E-state index is 0. The largest absolute Gasteiger partial charge is 0.308 e. The molecule has 2 aromatic heterocycles. The van der Waals surface area contributed by atoms with Crippen LogP contribution in [0.3, 0.4) is 0 Å². The molecule has 0 N–H and O–H groups in total. The number of benzene rings is 2. The number of para-hydroxylation sites is 2. The van der Waals surface area contributed by atoms with Gasteiger partial charge in [0.2, 0.25) is 5.78 Å². The van der Waals surface area contributed by atoms with Crippen LogP contribution in [-0.4, -0.2) is 38.5 Å². The third-order valence-electron chi connectivity index (χ3n) is 5.04. The summed E-state index contributed by atoms with van der Waals surface area (Å²) in [5, 5.41) is 0. The van der Waals surface area contributed by atoms with Gasteiger partial charge in [0.05, 0.1) is 16.7 Å². The first-order chi connectivity index (χ1) is 12.7. The lowest BCUT2D eigenvalue weighted by molar-refractivity contribution is 0.293. The number of rotatable bonds is 6. The molecule has 0 saturated heterocycles. The Morgan fingerprint density at radius 2 is 1.57 bits per heavy atom. The van der Waals surface area contributed by atoms with Gasteiger partial charge in [-0.1, -0.05) is 54.0 Å². The number of aromatic nitrogens is 3. The van der Waals surface area contributed by atoms with Gasteiger partial charge in [0.25, 0.3) is 0 Å². The molecule has 0 aliphatic heterocycles. The molecule has 2 heterocycles. The molecule has 0 aliphatic carbocycles. The second kappa shape index (κ2) is 9.79. The molecule has 0 atom stereocenters. The number of imidazole rings is 2. The second-order valence-electron chi connectivity index (χ2n) is 6.47. The zero-order chi connectivity index (χ0) is 18.1. The molecule has 2 aromatic carbocycles. The van der Waals surface area contributed by atoms with Crippen molar-refractivity contribution in [3.05, 3.63) is 59.2 Å². The molecule has 0 bridgehead atoms. The van der Waals surface area contributed by atoms with E-state index in [0.717, 1.165) is 47.7 Å². The number of likely N-dealkylation sites (N-methyl/N-ethyl adjacent to an activating group) is 1. The summed E-state index contributed by atoms with van der Waals surface area (Å²) < 4.78 is 5.64. The highest BCUT2D eigenvalue weighted by molar-refractivity contribution is 9.10. The Labute approximate surface area is 186 Å². The van der Waals surface area contributed by atoms with E-state index in [1.165, 1.54) is 11.0 Å². The van der Waals surface area contributed by atoms with Crippen molar-refractivity contribution in [3.63, 3.8) is 0 Å². The predicted octanol–water partition coefficient (Wildman–Crippen LogP) is 5.90. The van der Waals surface area contributed by atoms with Crippen LogP contribution in [0.2, 0.25) is 0 Å². The van der Waals surface area contributed by atoms with E-state index >= 15 is 0 Å². The van der Waals surface area contributed by atoms with Gasteiger partial charge in [0, 0.05) is 29.3 Å². The van der Waals surface area contributed by atoms with E-state index in [1.54, 1.807) is 0 Å². The number of halogens is 3. The van der Waals surface area contributed by atoms with Crippen molar-refractivity contribution in [1.82, 2.24) is 18.9 Å². The Kier molecular flexibility index (Phi) is 7.96. The fourth-order valence-electron chi connectivity index (χ4n) is 3.50. The summed E-state index contributed by atoms with van der Waals surface area (Å²) in [5.74, 6) is 1.01. The highest BCUT2D eigenvalue weighted by Gasteiger charge is 2.15. The molecular weight excluding hydrogens is 459 g/mol. The lowest BCUT2D eigenvalue weighted by atomic mass is 10.2. The van der Waals surface area contributed by atoms with Crippen molar-refractivity contribution in [2.24, 2.45) is 0 Å². The van der Waals surface area contributed by atoms with Crippen LogP contribution in [0.15, 0.2) is 59.2 Å². The molecule has 0 aliphatic rings. The van der Waals surface area contributed by atoms with E-state index < -0.39 is 0 Å². The van der Waals surface area contributed by atoms with E-state index in [9.17, 15) is 0 Å². The molecule has 0 radical (unpaired) electrons. The van der Waals surface area contributed by atoms with Crippen LogP contribution in [0, 0.1) is 0 Å². The second-order valence-corrected chi connectivity index (χ2v) is 7.39. The van der Waals surface area contributed by atoms with Crippen LogP contribution in [0.1, 0.15) is 13.8 Å². The monoisotopic (exact) mass is 482 g/mol. The molecule has 0 spiro atoms. The smallest absolute Gasteiger partial charge is 0.215 e. The first-order valence-electron chi connectivity index (χ1n) is 9.16. The van der Waals surface area contributed by atoms with E-state index in [0.29, 0.717) is 0 Å². The number of fused-ring (bicyclic) bond motifs is 3. The van der Waals surface area contributed by atoms with Gasteiger partial charge < -0.3 is 9.47 Å². The fourth-order valence-corrected chi connectivity index (χ4v) is 3.77. The zero-order valence-corrected chi connectivity index (χ0v) is 19.2. The first-order valence-corrected chi connectivity index (χ1v) is 9.95. The number of hydrogen-bond donors (Lipinski definition) is 0. The van der Waals surface area contributed by atoms with Crippen molar-refractivity contribution in [3.8, 4) is 11.3 Å². The SMILES string of the molecule is CCN(CC)CCn1c2ccccc2n2cc(-c3ccc(Br)cc3)nc12.Cl.Cl. The Balaban J connectivity index is 0.00000140. The fraction of sp³-hybridized carbons (Fsp3) is 0.286. The van der Waals surface area contributed by atoms with Crippen LogP contribution in [0.25, 0.3) is 28.1 Å². The summed E-state index contributed by atoms with van der Waals surface area (Å²) in [7, 11) is 0. The number of nitrogens with zero attached hydrogens (tertiary/aromatic N) is 4. The molecule has 4 aromatic rings. The summed E-state index contributed by atoms with van der Waals surface area (Å²) in [5.41, 5.74) is 4.59. The lowest BCUT2D eigenvalue weighted by Gasteiger charge is -2.18. The summed E-state index contributed by atoms with van der Waals surface area (Å²) >= 11 is 3.50. The number of hydrogen-bond acceptors (Lipinski definition) is 2.